The molecule has 0 heterocycles. The van der Waals surface area contributed by atoms with E-state index in [1.165, 1.54) is 12.1 Å². The summed E-state index contributed by atoms with van der Waals surface area (Å²) in [4.78, 5) is 0. The van der Waals surface area contributed by atoms with Gasteiger partial charge in [0, 0.05) is 24.9 Å². The number of rotatable bonds is 6. The molecule has 0 fully saturated rings. The lowest BCUT2D eigenvalue weighted by atomic mass is 10.1. The van der Waals surface area contributed by atoms with E-state index >= 15 is 0 Å². The van der Waals surface area contributed by atoms with Crippen LogP contribution >= 0.6 is 15.9 Å². The first kappa shape index (κ1) is 15.9. The number of nitrogens with one attached hydrogen (secondary N) is 1. The molecule has 0 saturated heterocycles. The zero-order valence-corrected chi connectivity index (χ0v) is 13.2. The molecule has 2 rings (SSSR count). The fraction of sp³-hybridized carbons (Fsp3) is 0.250. The van der Waals surface area contributed by atoms with Gasteiger partial charge in [0.15, 0.2) is 0 Å². The van der Waals surface area contributed by atoms with Crippen LogP contribution in [0.4, 0.5) is 14.5 Å². The quantitative estimate of drug-likeness (QED) is 0.768. The Balaban J connectivity index is 2.15. The van der Waals surface area contributed by atoms with Crippen molar-refractivity contribution in [1.82, 2.24) is 0 Å². The summed E-state index contributed by atoms with van der Waals surface area (Å²) in [6.45, 7) is 0.680. The summed E-state index contributed by atoms with van der Waals surface area (Å²) in [5.74, 6) is -1.13. The summed E-state index contributed by atoms with van der Waals surface area (Å²) in [7, 11) is 1.64. The second kappa shape index (κ2) is 7.52. The molecule has 0 atom stereocenters. The van der Waals surface area contributed by atoms with E-state index in [9.17, 15) is 8.78 Å². The molecule has 0 aliphatic heterocycles. The Hall–Kier alpha value is -1.46. The van der Waals surface area contributed by atoms with E-state index in [2.05, 4.69) is 21.2 Å². The zero-order valence-electron chi connectivity index (χ0n) is 11.6. The van der Waals surface area contributed by atoms with Gasteiger partial charge in [0.25, 0.3) is 0 Å². The fourth-order valence-corrected chi connectivity index (χ4v) is 2.41. The van der Waals surface area contributed by atoms with Crippen LogP contribution in [-0.2, 0) is 17.7 Å². The molecular weight excluding hydrogens is 340 g/mol. The van der Waals surface area contributed by atoms with Gasteiger partial charge in [-0.1, -0.05) is 18.2 Å². The summed E-state index contributed by atoms with van der Waals surface area (Å²) >= 11 is 3.07. The zero-order chi connectivity index (χ0) is 15.2. The van der Waals surface area contributed by atoms with Gasteiger partial charge < -0.3 is 10.1 Å². The van der Waals surface area contributed by atoms with Gasteiger partial charge in [0.2, 0.25) is 0 Å². The number of anilines is 1. The second-order valence-electron chi connectivity index (χ2n) is 4.58. The number of ether oxygens (including phenoxy) is 1. The highest BCUT2D eigenvalue weighted by molar-refractivity contribution is 9.10. The largest absolute Gasteiger partial charge is 0.384 e. The van der Waals surface area contributed by atoms with Gasteiger partial charge in [-0.2, -0.15) is 0 Å². The number of benzene rings is 2. The number of methoxy groups -OCH3 is 1. The molecule has 2 aromatic carbocycles. The molecule has 0 saturated carbocycles. The molecule has 2 nitrogen and oxygen atoms in total. The van der Waals surface area contributed by atoms with Crippen LogP contribution in [0, 0.1) is 11.6 Å². The average Bonchev–Trinajstić information content (AvgIpc) is 2.50. The lowest BCUT2D eigenvalue weighted by Crippen LogP contribution is -2.07. The van der Waals surface area contributed by atoms with E-state index < -0.39 is 11.6 Å². The Labute approximate surface area is 131 Å². The third-order valence-electron chi connectivity index (χ3n) is 3.19. The van der Waals surface area contributed by atoms with Crippen molar-refractivity contribution in [3.8, 4) is 0 Å². The Morgan fingerprint density at radius 1 is 1.14 bits per heavy atom. The standard InChI is InChI=1S/C16H16BrF2NO/c1-21-9-8-11-4-2-3-5-15(11)20-10-12-14(18)7-6-13(17)16(12)19/h2-7,20H,8-10H2,1H3. The molecule has 0 spiro atoms. The van der Waals surface area contributed by atoms with E-state index in [4.69, 9.17) is 4.74 Å². The van der Waals surface area contributed by atoms with Crippen molar-refractivity contribution in [3.05, 3.63) is 63.6 Å². The molecule has 0 aliphatic carbocycles. The van der Waals surface area contributed by atoms with Gasteiger partial charge in [-0.15, -0.1) is 0 Å². The first-order valence-corrected chi connectivity index (χ1v) is 7.36. The molecular formula is C16H16BrF2NO. The Bertz CT molecular complexity index is 619. The molecule has 0 radical (unpaired) electrons. The highest BCUT2D eigenvalue weighted by atomic mass is 79.9. The number of hydrogen-bond donors (Lipinski definition) is 1. The van der Waals surface area contributed by atoms with Crippen molar-refractivity contribution in [2.24, 2.45) is 0 Å². The second-order valence-corrected chi connectivity index (χ2v) is 5.43. The first-order valence-electron chi connectivity index (χ1n) is 6.56. The lowest BCUT2D eigenvalue weighted by Gasteiger charge is -2.13. The van der Waals surface area contributed by atoms with Crippen LogP contribution in [0.15, 0.2) is 40.9 Å². The molecule has 21 heavy (non-hydrogen) atoms. The van der Waals surface area contributed by atoms with E-state index in [1.54, 1.807) is 7.11 Å². The van der Waals surface area contributed by atoms with E-state index in [0.717, 1.165) is 17.7 Å². The van der Waals surface area contributed by atoms with Gasteiger partial charge in [0.05, 0.1) is 11.1 Å². The molecule has 0 amide bonds. The van der Waals surface area contributed by atoms with Crippen molar-refractivity contribution in [2.75, 3.05) is 19.0 Å². The van der Waals surface area contributed by atoms with E-state index in [1.807, 2.05) is 24.3 Å². The van der Waals surface area contributed by atoms with Crippen LogP contribution in [0.25, 0.3) is 0 Å². The Morgan fingerprint density at radius 3 is 2.67 bits per heavy atom. The molecule has 0 aliphatic rings. The molecule has 112 valence electrons. The minimum atomic E-state index is -0.572. The van der Waals surface area contributed by atoms with Crippen molar-refractivity contribution < 1.29 is 13.5 Å². The molecule has 0 aromatic heterocycles. The first-order chi connectivity index (χ1) is 10.1. The van der Waals surface area contributed by atoms with Crippen molar-refractivity contribution in [1.29, 1.82) is 0 Å². The van der Waals surface area contributed by atoms with Gasteiger partial charge in [-0.3, -0.25) is 0 Å². The van der Waals surface area contributed by atoms with Crippen LogP contribution in [0.1, 0.15) is 11.1 Å². The smallest absolute Gasteiger partial charge is 0.145 e. The minimum absolute atomic E-state index is 0.0194. The Kier molecular flexibility index (Phi) is 5.70. The summed E-state index contributed by atoms with van der Waals surface area (Å²) in [5.41, 5.74) is 1.93. The number of halogens is 3. The van der Waals surface area contributed by atoms with E-state index in [-0.39, 0.29) is 16.6 Å². The SMILES string of the molecule is COCCc1ccccc1NCc1c(F)ccc(Br)c1F. The van der Waals surface area contributed by atoms with Crippen molar-refractivity contribution in [3.63, 3.8) is 0 Å². The highest BCUT2D eigenvalue weighted by Crippen LogP contribution is 2.23. The van der Waals surface area contributed by atoms with Crippen LogP contribution in [0.5, 0.6) is 0 Å². The average molecular weight is 356 g/mol. The van der Waals surface area contributed by atoms with Crippen LogP contribution in [-0.4, -0.2) is 13.7 Å². The lowest BCUT2D eigenvalue weighted by molar-refractivity contribution is 0.202. The highest BCUT2D eigenvalue weighted by Gasteiger charge is 2.12. The van der Waals surface area contributed by atoms with Gasteiger partial charge in [-0.25, -0.2) is 8.78 Å². The fourth-order valence-electron chi connectivity index (χ4n) is 2.04. The van der Waals surface area contributed by atoms with Crippen molar-refractivity contribution in [2.45, 2.75) is 13.0 Å². The van der Waals surface area contributed by atoms with Crippen LogP contribution in [0.2, 0.25) is 0 Å². The van der Waals surface area contributed by atoms with E-state index in [0.29, 0.717) is 6.61 Å². The summed E-state index contributed by atoms with van der Waals surface area (Å²) in [5, 5.41) is 3.09. The van der Waals surface area contributed by atoms with Gasteiger partial charge in [-0.05, 0) is 46.1 Å². The predicted molar refractivity (Wildman–Crippen MR) is 83.4 cm³/mol. The maximum atomic E-state index is 13.9. The summed E-state index contributed by atoms with van der Waals surface area (Å²) < 4.78 is 33.0. The summed E-state index contributed by atoms with van der Waals surface area (Å²) in [6.07, 6.45) is 0.739. The van der Waals surface area contributed by atoms with Gasteiger partial charge >= 0.3 is 0 Å². The normalized spacial score (nSPS) is 10.7. The maximum Gasteiger partial charge on any atom is 0.145 e. The molecule has 2 aromatic rings. The van der Waals surface area contributed by atoms with Crippen LogP contribution < -0.4 is 5.32 Å². The molecule has 0 bridgehead atoms. The monoisotopic (exact) mass is 355 g/mol. The third-order valence-corrected chi connectivity index (χ3v) is 3.80. The topological polar surface area (TPSA) is 21.3 Å². The minimum Gasteiger partial charge on any atom is -0.384 e. The van der Waals surface area contributed by atoms with Gasteiger partial charge in [0.1, 0.15) is 11.6 Å². The molecule has 5 heteroatoms. The maximum absolute atomic E-state index is 13.9. The third kappa shape index (κ3) is 4.02. The number of para-hydroxylation sites is 1. The summed E-state index contributed by atoms with van der Waals surface area (Å²) in [6, 6.07) is 10.3. The Morgan fingerprint density at radius 2 is 1.90 bits per heavy atom. The molecule has 0 unspecified atom stereocenters. The van der Waals surface area contributed by atoms with Crippen LogP contribution in [0.3, 0.4) is 0 Å². The molecule has 1 N–H and O–H groups in total. The predicted octanol–water partition coefficient (Wildman–Crippen LogP) is 4.53. The van der Waals surface area contributed by atoms with Crippen molar-refractivity contribution >= 4 is 21.6 Å². The number of hydrogen-bond acceptors (Lipinski definition) is 2.